The molecule has 2 saturated carbocycles. The normalized spacial score (nSPS) is 58.0. The molecular weight excluding hydrogens is 144 g/mol. The maximum atomic E-state index is 2.48. The standard InChI is InChI=1S/C12H22/c1-5-10-8(3)7(2)9(4)11-6-12(10)11/h7-12H,5-6H2,1-4H3. The molecular formula is C12H22. The van der Waals surface area contributed by atoms with Gasteiger partial charge in [-0.2, -0.15) is 0 Å². The molecule has 6 atom stereocenters. The molecule has 0 saturated heterocycles. The molecule has 6 unspecified atom stereocenters. The van der Waals surface area contributed by atoms with E-state index in [0.29, 0.717) is 0 Å². The van der Waals surface area contributed by atoms with E-state index in [2.05, 4.69) is 27.7 Å². The van der Waals surface area contributed by atoms with E-state index in [4.69, 9.17) is 0 Å². The molecule has 0 spiro atoms. The predicted octanol–water partition coefficient (Wildman–Crippen LogP) is 3.57. The number of hydrogen-bond donors (Lipinski definition) is 0. The van der Waals surface area contributed by atoms with E-state index in [1.165, 1.54) is 6.42 Å². The number of hydrogen-bond acceptors (Lipinski definition) is 0. The predicted molar refractivity (Wildman–Crippen MR) is 52.9 cm³/mol. The topological polar surface area (TPSA) is 0 Å². The highest BCUT2D eigenvalue weighted by atomic mass is 14.6. The van der Waals surface area contributed by atoms with E-state index in [9.17, 15) is 0 Å². The van der Waals surface area contributed by atoms with Gasteiger partial charge in [-0.05, 0) is 41.9 Å². The third kappa shape index (κ3) is 1.03. The van der Waals surface area contributed by atoms with E-state index in [1.54, 1.807) is 6.42 Å². The van der Waals surface area contributed by atoms with Gasteiger partial charge in [-0.3, -0.25) is 0 Å². The van der Waals surface area contributed by atoms with Gasteiger partial charge in [0.25, 0.3) is 0 Å². The Balaban J connectivity index is 2.11. The molecule has 2 fully saturated rings. The van der Waals surface area contributed by atoms with Crippen LogP contribution in [0.5, 0.6) is 0 Å². The van der Waals surface area contributed by atoms with Crippen molar-refractivity contribution in [2.75, 3.05) is 0 Å². The highest BCUT2D eigenvalue weighted by Gasteiger charge is 2.53. The van der Waals surface area contributed by atoms with Crippen molar-refractivity contribution in [3.63, 3.8) is 0 Å². The first-order chi connectivity index (χ1) is 5.66. The zero-order valence-electron chi connectivity index (χ0n) is 8.88. The van der Waals surface area contributed by atoms with Gasteiger partial charge in [0.1, 0.15) is 0 Å². The van der Waals surface area contributed by atoms with Crippen LogP contribution in [0.2, 0.25) is 0 Å². The molecule has 0 aromatic heterocycles. The lowest BCUT2D eigenvalue weighted by molar-refractivity contribution is 0.111. The molecule has 0 aliphatic heterocycles. The van der Waals surface area contributed by atoms with Crippen LogP contribution in [0.25, 0.3) is 0 Å². The summed E-state index contributed by atoms with van der Waals surface area (Å²) in [6.07, 6.45) is 2.97. The molecule has 0 amide bonds. The molecule has 0 aromatic rings. The van der Waals surface area contributed by atoms with Gasteiger partial charge in [0.05, 0.1) is 0 Å². The third-order valence-corrected chi connectivity index (χ3v) is 4.92. The monoisotopic (exact) mass is 166 g/mol. The van der Waals surface area contributed by atoms with Gasteiger partial charge in [0, 0.05) is 0 Å². The van der Waals surface area contributed by atoms with Crippen LogP contribution < -0.4 is 0 Å². The Morgan fingerprint density at radius 3 is 2.17 bits per heavy atom. The Bertz CT molecular complexity index is 173. The maximum absolute atomic E-state index is 2.48. The van der Waals surface area contributed by atoms with Gasteiger partial charge in [0.2, 0.25) is 0 Å². The minimum Gasteiger partial charge on any atom is -0.0651 e. The van der Waals surface area contributed by atoms with Crippen LogP contribution >= 0.6 is 0 Å². The molecule has 70 valence electrons. The smallest absolute Gasteiger partial charge is 0.0349 e. The second-order valence-electron chi connectivity index (χ2n) is 5.21. The van der Waals surface area contributed by atoms with Crippen molar-refractivity contribution in [1.82, 2.24) is 0 Å². The van der Waals surface area contributed by atoms with Crippen LogP contribution in [0, 0.1) is 35.5 Å². The SMILES string of the molecule is CCC1C(C)C(C)C(C)C2CC12. The molecule has 2 rings (SSSR count). The maximum Gasteiger partial charge on any atom is -0.0349 e. The van der Waals surface area contributed by atoms with Gasteiger partial charge in [-0.25, -0.2) is 0 Å². The number of rotatable bonds is 1. The lowest BCUT2D eigenvalue weighted by Crippen LogP contribution is -2.31. The van der Waals surface area contributed by atoms with Gasteiger partial charge < -0.3 is 0 Å². The summed E-state index contributed by atoms with van der Waals surface area (Å²) in [7, 11) is 0. The molecule has 12 heavy (non-hydrogen) atoms. The molecule has 0 nitrogen and oxygen atoms in total. The molecule has 0 bridgehead atoms. The molecule has 2 aliphatic rings. The average Bonchev–Trinajstić information content (AvgIpc) is 2.81. The summed E-state index contributed by atoms with van der Waals surface area (Å²) >= 11 is 0. The summed E-state index contributed by atoms with van der Waals surface area (Å²) in [5, 5.41) is 0. The summed E-state index contributed by atoms with van der Waals surface area (Å²) in [5.41, 5.74) is 0. The van der Waals surface area contributed by atoms with Crippen molar-refractivity contribution in [3.8, 4) is 0 Å². The summed E-state index contributed by atoms with van der Waals surface area (Å²) in [6, 6.07) is 0. The second kappa shape index (κ2) is 2.75. The van der Waals surface area contributed by atoms with Gasteiger partial charge >= 0.3 is 0 Å². The van der Waals surface area contributed by atoms with E-state index >= 15 is 0 Å². The van der Waals surface area contributed by atoms with E-state index < -0.39 is 0 Å². The van der Waals surface area contributed by atoms with Gasteiger partial charge in [-0.1, -0.05) is 34.1 Å². The van der Waals surface area contributed by atoms with E-state index in [-0.39, 0.29) is 0 Å². The van der Waals surface area contributed by atoms with E-state index in [1.807, 2.05) is 0 Å². The fourth-order valence-corrected chi connectivity index (χ4v) is 3.66. The first-order valence-corrected chi connectivity index (χ1v) is 5.66. The summed E-state index contributed by atoms with van der Waals surface area (Å²) in [5.74, 6) is 6.25. The zero-order chi connectivity index (χ0) is 8.88. The Morgan fingerprint density at radius 1 is 0.917 bits per heavy atom. The minimum atomic E-state index is 0.971. The highest BCUT2D eigenvalue weighted by Crippen LogP contribution is 2.60. The number of fused-ring (bicyclic) bond motifs is 1. The van der Waals surface area contributed by atoms with Crippen LogP contribution in [0.15, 0.2) is 0 Å². The Labute approximate surface area is 76.7 Å². The minimum absolute atomic E-state index is 0.971. The first-order valence-electron chi connectivity index (χ1n) is 5.66. The van der Waals surface area contributed by atoms with Crippen LogP contribution in [0.3, 0.4) is 0 Å². The summed E-state index contributed by atoms with van der Waals surface area (Å²) in [6.45, 7) is 9.79. The van der Waals surface area contributed by atoms with Crippen molar-refractivity contribution in [1.29, 1.82) is 0 Å². The van der Waals surface area contributed by atoms with Crippen molar-refractivity contribution >= 4 is 0 Å². The lowest BCUT2D eigenvalue weighted by Gasteiger charge is -2.37. The molecule has 0 radical (unpaired) electrons. The Kier molecular flexibility index (Phi) is 1.97. The lowest BCUT2D eigenvalue weighted by atomic mass is 9.68. The molecule has 0 heterocycles. The van der Waals surface area contributed by atoms with Crippen LogP contribution in [0.1, 0.15) is 40.5 Å². The van der Waals surface area contributed by atoms with Crippen molar-refractivity contribution < 1.29 is 0 Å². The summed E-state index contributed by atoms with van der Waals surface area (Å²) in [4.78, 5) is 0. The van der Waals surface area contributed by atoms with Gasteiger partial charge in [-0.15, -0.1) is 0 Å². The quantitative estimate of drug-likeness (QED) is 0.558. The largest absolute Gasteiger partial charge is 0.0651 e. The molecule has 0 aromatic carbocycles. The van der Waals surface area contributed by atoms with Gasteiger partial charge in [0.15, 0.2) is 0 Å². The zero-order valence-corrected chi connectivity index (χ0v) is 8.88. The Hall–Kier alpha value is 0. The fraction of sp³-hybridized carbons (Fsp3) is 1.00. The van der Waals surface area contributed by atoms with Crippen molar-refractivity contribution in [3.05, 3.63) is 0 Å². The highest BCUT2D eigenvalue weighted by molar-refractivity contribution is 5.01. The van der Waals surface area contributed by atoms with Crippen LogP contribution in [-0.4, -0.2) is 0 Å². The Morgan fingerprint density at radius 2 is 1.58 bits per heavy atom. The second-order valence-corrected chi connectivity index (χ2v) is 5.21. The molecule has 2 aliphatic carbocycles. The average molecular weight is 166 g/mol. The van der Waals surface area contributed by atoms with Crippen LogP contribution in [0.4, 0.5) is 0 Å². The fourth-order valence-electron chi connectivity index (χ4n) is 3.66. The molecule has 0 N–H and O–H groups in total. The third-order valence-electron chi connectivity index (χ3n) is 4.92. The van der Waals surface area contributed by atoms with Crippen molar-refractivity contribution in [2.45, 2.75) is 40.5 Å². The first kappa shape index (κ1) is 8.59. The van der Waals surface area contributed by atoms with Crippen LogP contribution in [-0.2, 0) is 0 Å². The summed E-state index contributed by atoms with van der Waals surface area (Å²) < 4.78 is 0. The van der Waals surface area contributed by atoms with Crippen molar-refractivity contribution in [2.24, 2.45) is 35.5 Å². The molecule has 0 heteroatoms. The van der Waals surface area contributed by atoms with E-state index in [0.717, 1.165) is 35.5 Å².